The molecule has 1 aromatic heterocycles. The highest BCUT2D eigenvalue weighted by atomic mass is 32.2. The summed E-state index contributed by atoms with van der Waals surface area (Å²) in [7, 11) is -1.59. The van der Waals surface area contributed by atoms with Crippen molar-refractivity contribution < 1.29 is 8.42 Å². The molecule has 0 saturated heterocycles. The van der Waals surface area contributed by atoms with Gasteiger partial charge in [0.1, 0.15) is 0 Å². The van der Waals surface area contributed by atoms with Gasteiger partial charge in [-0.2, -0.15) is 5.10 Å². The maximum Gasteiger partial charge on any atom is 0.257 e. The molecule has 1 heterocycles. The predicted octanol–water partition coefficient (Wildman–Crippen LogP) is 0.526. The Labute approximate surface area is 127 Å². The Morgan fingerprint density at radius 1 is 1.33 bits per heavy atom. The quantitative estimate of drug-likeness (QED) is 0.618. The van der Waals surface area contributed by atoms with Crippen LogP contribution in [0.25, 0.3) is 0 Å². The van der Waals surface area contributed by atoms with Gasteiger partial charge in [-0.3, -0.25) is 5.10 Å². The molecular weight excluding hydrogens is 290 g/mol. The summed E-state index contributed by atoms with van der Waals surface area (Å²) in [6.45, 7) is 9.65. The third kappa shape index (κ3) is 5.74. The fraction of sp³-hybridized carbons (Fsp3) is 0.769. The molecule has 0 spiro atoms. The SMILES string of the molecule is CC(C)NCc1cn[nH]c1S(=O)(=O)NCCN(C)C(C)C. The molecule has 0 atom stereocenters. The van der Waals surface area contributed by atoms with Crippen LogP contribution in [-0.4, -0.2) is 55.7 Å². The monoisotopic (exact) mass is 317 g/mol. The summed E-state index contributed by atoms with van der Waals surface area (Å²) in [6, 6.07) is 0.663. The molecule has 122 valence electrons. The summed E-state index contributed by atoms with van der Waals surface area (Å²) in [5, 5.41) is 9.75. The van der Waals surface area contributed by atoms with Gasteiger partial charge in [-0.05, 0) is 20.9 Å². The van der Waals surface area contributed by atoms with Crippen LogP contribution in [-0.2, 0) is 16.6 Å². The zero-order chi connectivity index (χ0) is 16.0. The molecule has 0 fully saturated rings. The minimum Gasteiger partial charge on any atom is -0.310 e. The molecule has 0 amide bonds. The highest BCUT2D eigenvalue weighted by Crippen LogP contribution is 2.11. The molecule has 3 N–H and O–H groups in total. The van der Waals surface area contributed by atoms with Gasteiger partial charge in [0.2, 0.25) is 0 Å². The van der Waals surface area contributed by atoms with Gasteiger partial charge in [0.05, 0.1) is 6.20 Å². The van der Waals surface area contributed by atoms with Gasteiger partial charge in [0.25, 0.3) is 10.0 Å². The lowest BCUT2D eigenvalue weighted by molar-refractivity contribution is 0.278. The second-order valence-corrected chi connectivity index (χ2v) is 7.44. The molecule has 0 aliphatic heterocycles. The van der Waals surface area contributed by atoms with Crippen molar-refractivity contribution in [3.05, 3.63) is 11.8 Å². The summed E-state index contributed by atoms with van der Waals surface area (Å²) in [4.78, 5) is 2.08. The zero-order valence-corrected chi connectivity index (χ0v) is 14.3. The van der Waals surface area contributed by atoms with E-state index in [-0.39, 0.29) is 11.1 Å². The Hall–Kier alpha value is -0.960. The number of H-pyrrole nitrogens is 1. The Morgan fingerprint density at radius 2 is 2.00 bits per heavy atom. The Bertz CT molecular complexity index is 524. The summed E-state index contributed by atoms with van der Waals surface area (Å²) in [6.07, 6.45) is 1.55. The van der Waals surface area contributed by atoms with Gasteiger partial charge < -0.3 is 10.2 Å². The Morgan fingerprint density at radius 3 is 2.57 bits per heavy atom. The average molecular weight is 317 g/mol. The van der Waals surface area contributed by atoms with Gasteiger partial charge in [-0.25, -0.2) is 13.1 Å². The van der Waals surface area contributed by atoms with Crippen molar-refractivity contribution in [1.29, 1.82) is 0 Å². The van der Waals surface area contributed by atoms with E-state index in [9.17, 15) is 8.42 Å². The van der Waals surface area contributed by atoms with Crippen LogP contribution in [0.3, 0.4) is 0 Å². The fourth-order valence-corrected chi connectivity index (χ4v) is 2.81. The molecule has 7 nitrogen and oxygen atoms in total. The minimum atomic E-state index is -3.55. The number of hydrogen-bond acceptors (Lipinski definition) is 5. The van der Waals surface area contributed by atoms with Crippen molar-refractivity contribution in [1.82, 2.24) is 25.1 Å². The lowest BCUT2D eigenvalue weighted by Gasteiger charge is -2.20. The molecule has 0 aliphatic carbocycles. The fourth-order valence-electron chi connectivity index (χ4n) is 1.66. The number of aromatic amines is 1. The summed E-state index contributed by atoms with van der Waals surface area (Å²) < 4.78 is 27.2. The number of hydrogen-bond donors (Lipinski definition) is 3. The number of rotatable bonds is 9. The average Bonchev–Trinajstić information content (AvgIpc) is 2.84. The highest BCUT2D eigenvalue weighted by Gasteiger charge is 2.20. The van der Waals surface area contributed by atoms with E-state index < -0.39 is 10.0 Å². The van der Waals surface area contributed by atoms with E-state index >= 15 is 0 Å². The van der Waals surface area contributed by atoms with E-state index in [4.69, 9.17) is 0 Å². The first-order valence-electron chi connectivity index (χ1n) is 7.19. The van der Waals surface area contributed by atoms with Crippen LogP contribution < -0.4 is 10.0 Å². The van der Waals surface area contributed by atoms with Gasteiger partial charge in [0, 0.05) is 37.3 Å². The first-order valence-corrected chi connectivity index (χ1v) is 8.68. The third-order valence-corrected chi connectivity index (χ3v) is 4.76. The number of nitrogens with one attached hydrogen (secondary N) is 3. The largest absolute Gasteiger partial charge is 0.310 e. The van der Waals surface area contributed by atoms with Gasteiger partial charge in [0.15, 0.2) is 5.03 Å². The number of nitrogens with zero attached hydrogens (tertiary/aromatic N) is 2. The topological polar surface area (TPSA) is 90.1 Å². The molecular formula is C13H27N5O2S. The van der Waals surface area contributed by atoms with Crippen LogP contribution in [0.1, 0.15) is 33.3 Å². The number of sulfonamides is 1. The second-order valence-electron chi connectivity index (χ2n) is 5.73. The van der Waals surface area contributed by atoms with Crippen LogP contribution in [0, 0.1) is 0 Å². The first-order chi connectivity index (χ1) is 9.74. The molecule has 0 saturated carbocycles. The summed E-state index contributed by atoms with van der Waals surface area (Å²) in [5.74, 6) is 0. The standard InChI is InChI=1S/C13H27N5O2S/c1-10(2)14-8-12-9-15-17-13(12)21(19,20)16-6-7-18(5)11(3)4/h9-11,14,16H,6-8H2,1-5H3,(H,15,17). The van der Waals surface area contributed by atoms with Crippen molar-refractivity contribution >= 4 is 10.0 Å². The van der Waals surface area contributed by atoms with Crippen molar-refractivity contribution in [2.24, 2.45) is 0 Å². The van der Waals surface area contributed by atoms with E-state index in [2.05, 4.69) is 39.0 Å². The van der Waals surface area contributed by atoms with Gasteiger partial charge in [-0.1, -0.05) is 13.8 Å². The predicted molar refractivity (Wildman–Crippen MR) is 83.5 cm³/mol. The van der Waals surface area contributed by atoms with Crippen LogP contribution in [0.5, 0.6) is 0 Å². The minimum absolute atomic E-state index is 0.142. The second kappa shape index (κ2) is 7.88. The lowest BCUT2D eigenvalue weighted by atomic mass is 10.3. The van der Waals surface area contributed by atoms with Gasteiger partial charge >= 0.3 is 0 Å². The molecule has 0 aliphatic rings. The third-order valence-electron chi connectivity index (χ3n) is 3.29. The van der Waals surface area contributed by atoms with Crippen LogP contribution in [0.2, 0.25) is 0 Å². The molecule has 0 aromatic carbocycles. The molecule has 0 radical (unpaired) electrons. The maximum absolute atomic E-state index is 12.3. The Balaban J connectivity index is 2.64. The maximum atomic E-state index is 12.3. The van der Waals surface area contributed by atoms with Crippen LogP contribution in [0.4, 0.5) is 0 Å². The summed E-state index contributed by atoms with van der Waals surface area (Å²) >= 11 is 0. The van der Waals surface area contributed by atoms with E-state index in [0.717, 1.165) is 0 Å². The lowest BCUT2D eigenvalue weighted by Crippen LogP contribution is -2.36. The van der Waals surface area contributed by atoms with Crippen molar-refractivity contribution in [3.63, 3.8) is 0 Å². The van der Waals surface area contributed by atoms with Crippen molar-refractivity contribution in [2.75, 3.05) is 20.1 Å². The van der Waals surface area contributed by atoms with Crippen molar-refractivity contribution in [3.8, 4) is 0 Å². The molecule has 0 bridgehead atoms. The number of likely N-dealkylation sites (N-methyl/N-ethyl adjacent to an activating group) is 1. The van der Waals surface area contributed by atoms with Crippen LogP contribution >= 0.6 is 0 Å². The van der Waals surface area contributed by atoms with E-state index in [0.29, 0.717) is 31.2 Å². The van der Waals surface area contributed by atoms with E-state index in [1.54, 1.807) is 6.20 Å². The van der Waals surface area contributed by atoms with Crippen molar-refractivity contribution in [2.45, 2.75) is 51.3 Å². The molecule has 21 heavy (non-hydrogen) atoms. The van der Waals surface area contributed by atoms with Crippen LogP contribution in [0.15, 0.2) is 11.2 Å². The van der Waals surface area contributed by atoms with Gasteiger partial charge in [-0.15, -0.1) is 0 Å². The smallest absolute Gasteiger partial charge is 0.257 e. The molecule has 1 rings (SSSR count). The summed E-state index contributed by atoms with van der Waals surface area (Å²) in [5.41, 5.74) is 0.647. The molecule has 0 unspecified atom stereocenters. The molecule has 8 heteroatoms. The number of aromatic nitrogens is 2. The van der Waals surface area contributed by atoms with E-state index in [1.165, 1.54) is 0 Å². The van der Waals surface area contributed by atoms with E-state index in [1.807, 2.05) is 20.9 Å². The highest BCUT2D eigenvalue weighted by molar-refractivity contribution is 7.89. The molecule has 1 aromatic rings. The Kier molecular flexibility index (Phi) is 6.79. The zero-order valence-electron chi connectivity index (χ0n) is 13.5. The first kappa shape index (κ1) is 18.1. The normalized spacial score (nSPS) is 12.8.